The van der Waals surface area contributed by atoms with Crippen LogP contribution in [0.5, 0.6) is 11.5 Å². The number of hydrogen-bond acceptors (Lipinski definition) is 6. The fourth-order valence-electron chi connectivity index (χ4n) is 2.23. The number of methoxy groups -OCH3 is 2. The summed E-state index contributed by atoms with van der Waals surface area (Å²) >= 11 is 0. The minimum absolute atomic E-state index is 0.0106. The van der Waals surface area contributed by atoms with Crippen LogP contribution in [0.25, 0.3) is 11.0 Å². The lowest BCUT2D eigenvalue weighted by atomic mass is 10.3. The quantitative estimate of drug-likeness (QED) is 0.764. The van der Waals surface area contributed by atoms with Crippen molar-refractivity contribution < 1.29 is 17.9 Å². The van der Waals surface area contributed by atoms with Gasteiger partial charge in [0.05, 0.1) is 30.9 Å². The highest BCUT2D eigenvalue weighted by atomic mass is 32.2. The summed E-state index contributed by atoms with van der Waals surface area (Å²) in [6, 6.07) is 9.52. The lowest BCUT2D eigenvalue weighted by molar-refractivity contribution is 0.392. The van der Waals surface area contributed by atoms with Crippen molar-refractivity contribution in [2.75, 3.05) is 18.9 Å². The van der Waals surface area contributed by atoms with Crippen LogP contribution < -0.4 is 14.2 Å². The van der Waals surface area contributed by atoms with Crippen molar-refractivity contribution in [2.45, 2.75) is 4.90 Å². The monoisotopic (exact) mass is 345 g/mol. The predicted molar refractivity (Wildman–Crippen MR) is 89.9 cm³/mol. The molecule has 0 aliphatic heterocycles. The Balaban J connectivity index is 2.01. The topological polar surface area (TPSA) is 90.4 Å². The summed E-state index contributed by atoms with van der Waals surface area (Å²) in [4.78, 5) is 8.30. The predicted octanol–water partition coefficient (Wildman–Crippen LogP) is 2.45. The molecular formula is C16H15N3O4S. The third-order valence-corrected chi connectivity index (χ3v) is 4.78. The Bertz CT molecular complexity index is 990. The van der Waals surface area contributed by atoms with E-state index in [0.29, 0.717) is 22.5 Å². The number of rotatable bonds is 5. The van der Waals surface area contributed by atoms with E-state index in [4.69, 9.17) is 9.47 Å². The molecule has 3 rings (SSSR count). The van der Waals surface area contributed by atoms with Gasteiger partial charge in [-0.05, 0) is 30.3 Å². The molecule has 124 valence electrons. The number of ether oxygens (including phenoxy) is 2. The molecule has 0 aliphatic rings. The molecule has 0 amide bonds. The van der Waals surface area contributed by atoms with Gasteiger partial charge in [-0.15, -0.1) is 0 Å². The molecule has 7 nitrogen and oxygen atoms in total. The third kappa shape index (κ3) is 3.09. The van der Waals surface area contributed by atoms with Crippen LogP contribution in [-0.2, 0) is 10.0 Å². The second-order valence-corrected chi connectivity index (χ2v) is 6.53. The number of sulfonamides is 1. The van der Waals surface area contributed by atoms with Gasteiger partial charge in [-0.2, -0.15) is 0 Å². The average molecular weight is 345 g/mol. The number of benzene rings is 2. The standard InChI is InChI=1S/C16H15N3O4S/c1-22-12-4-6-15(23-2)16(10-12)24(20,21)19-11-3-5-13-14(9-11)18-8-7-17-13/h3-10,19H,1-2H3. The van der Waals surface area contributed by atoms with Crippen LogP contribution in [0.3, 0.4) is 0 Å². The minimum Gasteiger partial charge on any atom is -0.497 e. The second kappa shape index (κ2) is 6.32. The van der Waals surface area contributed by atoms with Gasteiger partial charge < -0.3 is 9.47 Å². The van der Waals surface area contributed by atoms with Crippen LogP contribution in [0.4, 0.5) is 5.69 Å². The van der Waals surface area contributed by atoms with E-state index >= 15 is 0 Å². The minimum atomic E-state index is -3.86. The van der Waals surface area contributed by atoms with E-state index in [1.54, 1.807) is 42.7 Å². The zero-order valence-corrected chi connectivity index (χ0v) is 13.9. The molecule has 0 spiro atoms. The molecule has 0 aliphatic carbocycles. The van der Waals surface area contributed by atoms with Gasteiger partial charge in [0.15, 0.2) is 0 Å². The summed E-state index contributed by atoms with van der Waals surface area (Å²) in [6.45, 7) is 0. The van der Waals surface area contributed by atoms with Crippen molar-refractivity contribution in [3.8, 4) is 11.5 Å². The molecular weight excluding hydrogens is 330 g/mol. The average Bonchev–Trinajstić information content (AvgIpc) is 2.60. The number of fused-ring (bicyclic) bond motifs is 1. The van der Waals surface area contributed by atoms with Crippen molar-refractivity contribution in [3.63, 3.8) is 0 Å². The number of nitrogens with zero attached hydrogens (tertiary/aromatic N) is 2. The first kappa shape index (κ1) is 16.0. The van der Waals surface area contributed by atoms with Crippen LogP contribution in [-0.4, -0.2) is 32.6 Å². The molecule has 0 unspecified atom stereocenters. The van der Waals surface area contributed by atoms with Crippen LogP contribution >= 0.6 is 0 Å². The Morgan fingerprint density at radius 2 is 1.67 bits per heavy atom. The summed E-state index contributed by atoms with van der Waals surface area (Å²) in [6.07, 6.45) is 3.12. The molecule has 2 aromatic carbocycles. The van der Waals surface area contributed by atoms with Crippen molar-refractivity contribution in [3.05, 3.63) is 48.8 Å². The number of aromatic nitrogens is 2. The number of anilines is 1. The zero-order chi connectivity index (χ0) is 17.2. The van der Waals surface area contributed by atoms with Gasteiger partial charge in [-0.3, -0.25) is 14.7 Å². The van der Waals surface area contributed by atoms with E-state index < -0.39 is 10.0 Å². The van der Waals surface area contributed by atoms with Crippen LogP contribution in [0.2, 0.25) is 0 Å². The van der Waals surface area contributed by atoms with E-state index in [0.717, 1.165) is 0 Å². The Labute approximate surface area is 139 Å². The molecule has 8 heteroatoms. The zero-order valence-electron chi connectivity index (χ0n) is 13.1. The molecule has 0 fully saturated rings. The molecule has 1 heterocycles. The van der Waals surface area contributed by atoms with E-state index in [1.807, 2.05) is 0 Å². The Hall–Kier alpha value is -2.87. The smallest absolute Gasteiger partial charge is 0.265 e. The molecule has 0 saturated heterocycles. The van der Waals surface area contributed by atoms with Crippen molar-refractivity contribution in [1.82, 2.24) is 9.97 Å². The molecule has 1 N–H and O–H groups in total. The lowest BCUT2D eigenvalue weighted by Crippen LogP contribution is -2.14. The van der Waals surface area contributed by atoms with Crippen molar-refractivity contribution in [1.29, 1.82) is 0 Å². The molecule has 0 radical (unpaired) electrons. The maximum Gasteiger partial charge on any atom is 0.265 e. The van der Waals surface area contributed by atoms with E-state index in [-0.39, 0.29) is 10.6 Å². The molecule has 0 bridgehead atoms. The van der Waals surface area contributed by atoms with Gasteiger partial charge in [-0.1, -0.05) is 0 Å². The summed E-state index contributed by atoms with van der Waals surface area (Å²) in [7, 11) is -0.985. The maximum atomic E-state index is 12.7. The highest BCUT2D eigenvalue weighted by molar-refractivity contribution is 7.92. The summed E-state index contributed by atoms with van der Waals surface area (Å²) < 4.78 is 38.2. The largest absolute Gasteiger partial charge is 0.497 e. The van der Waals surface area contributed by atoms with E-state index in [9.17, 15) is 8.42 Å². The van der Waals surface area contributed by atoms with Gasteiger partial charge in [0.1, 0.15) is 16.4 Å². The fourth-order valence-corrected chi connectivity index (χ4v) is 3.47. The number of hydrogen-bond donors (Lipinski definition) is 1. The van der Waals surface area contributed by atoms with Gasteiger partial charge in [0.2, 0.25) is 0 Å². The van der Waals surface area contributed by atoms with Gasteiger partial charge in [0.25, 0.3) is 10.0 Å². The Kier molecular flexibility index (Phi) is 4.22. The van der Waals surface area contributed by atoms with Crippen LogP contribution in [0.15, 0.2) is 53.7 Å². The number of nitrogens with one attached hydrogen (secondary N) is 1. The SMILES string of the molecule is COc1ccc(OC)c(S(=O)(=O)Nc2ccc3nccnc3c2)c1. The Morgan fingerprint density at radius 1 is 0.917 bits per heavy atom. The van der Waals surface area contributed by atoms with Crippen molar-refractivity contribution >= 4 is 26.7 Å². The first-order valence-electron chi connectivity index (χ1n) is 6.99. The van der Waals surface area contributed by atoms with Gasteiger partial charge in [-0.25, -0.2) is 8.42 Å². The van der Waals surface area contributed by atoms with Gasteiger partial charge >= 0.3 is 0 Å². The Morgan fingerprint density at radius 3 is 2.38 bits per heavy atom. The summed E-state index contributed by atoms with van der Waals surface area (Å²) in [5.74, 6) is 0.643. The summed E-state index contributed by atoms with van der Waals surface area (Å²) in [5.41, 5.74) is 1.66. The molecule has 3 aromatic rings. The molecule has 24 heavy (non-hydrogen) atoms. The lowest BCUT2D eigenvalue weighted by Gasteiger charge is -2.13. The first-order valence-corrected chi connectivity index (χ1v) is 8.47. The highest BCUT2D eigenvalue weighted by Crippen LogP contribution is 2.30. The van der Waals surface area contributed by atoms with E-state index in [2.05, 4.69) is 14.7 Å². The van der Waals surface area contributed by atoms with Crippen molar-refractivity contribution in [2.24, 2.45) is 0 Å². The van der Waals surface area contributed by atoms with Crippen LogP contribution in [0.1, 0.15) is 0 Å². The van der Waals surface area contributed by atoms with E-state index in [1.165, 1.54) is 20.3 Å². The third-order valence-electron chi connectivity index (χ3n) is 3.38. The van der Waals surface area contributed by atoms with Crippen LogP contribution in [0, 0.1) is 0 Å². The first-order chi connectivity index (χ1) is 11.5. The molecule has 0 saturated carbocycles. The fraction of sp³-hybridized carbons (Fsp3) is 0.125. The molecule has 0 atom stereocenters. The van der Waals surface area contributed by atoms with Gasteiger partial charge in [0, 0.05) is 18.5 Å². The highest BCUT2D eigenvalue weighted by Gasteiger charge is 2.21. The maximum absolute atomic E-state index is 12.7. The molecule has 1 aromatic heterocycles. The second-order valence-electron chi connectivity index (χ2n) is 4.88. The summed E-state index contributed by atoms with van der Waals surface area (Å²) in [5, 5.41) is 0. The normalized spacial score (nSPS) is 11.2.